The molecule has 0 aromatic heterocycles. The van der Waals surface area contributed by atoms with Gasteiger partial charge in [-0.3, -0.25) is 9.59 Å². The first-order valence-electron chi connectivity index (χ1n) is 6.92. The largest absolute Gasteiger partial charge is 0.492 e. The van der Waals surface area contributed by atoms with E-state index in [-0.39, 0.29) is 5.91 Å². The van der Waals surface area contributed by atoms with Gasteiger partial charge >= 0.3 is 5.97 Å². The molecule has 1 N–H and O–H groups in total. The van der Waals surface area contributed by atoms with Crippen molar-refractivity contribution in [1.29, 1.82) is 0 Å². The van der Waals surface area contributed by atoms with Crippen molar-refractivity contribution in [2.24, 2.45) is 0 Å². The van der Waals surface area contributed by atoms with Crippen LogP contribution in [0.25, 0.3) is 0 Å². The first-order valence-corrected chi connectivity index (χ1v) is 6.92. The number of anilines is 1. The Bertz CT molecular complexity index is 665. The van der Waals surface area contributed by atoms with Crippen LogP contribution in [0.1, 0.15) is 24.2 Å². The Morgan fingerprint density at radius 3 is 2.36 bits per heavy atom. The maximum atomic E-state index is 12.2. The molecule has 0 unspecified atom stereocenters. The Labute approximate surface area is 128 Å². The molecule has 0 aliphatic rings. The molecule has 0 atom stereocenters. The van der Waals surface area contributed by atoms with E-state index in [4.69, 9.17) is 9.47 Å². The normalized spacial score (nSPS) is 9.91. The summed E-state index contributed by atoms with van der Waals surface area (Å²) >= 11 is 0. The van der Waals surface area contributed by atoms with Gasteiger partial charge in [0, 0.05) is 12.5 Å². The summed E-state index contributed by atoms with van der Waals surface area (Å²) in [5.41, 5.74) is 1.07. The number of ether oxygens (including phenoxy) is 2. The molecule has 0 aliphatic carbocycles. The molecule has 5 heteroatoms. The number of para-hydroxylation sites is 2. The van der Waals surface area contributed by atoms with Crippen LogP contribution >= 0.6 is 0 Å². The maximum Gasteiger partial charge on any atom is 0.308 e. The lowest BCUT2D eigenvalue weighted by atomic mass is 10.2. The predicted octanol–water partition coefficient (Wildman–Crippen LogP) is 3.26. The van der Waals surface area contributed by atoms with Gasteiger partial charge in [-0.25, -0.2) is 0 Å². The summed E-state index contributed by atoms with van der Waals surface area (Å²) < 4.78 is 10.4. The highest BCUT2D eigenvalue weighted by molar-refractivity contribution is 6.05. The lowest BCUT2D eigenvalue weighted by Gasteiger charge is -2.11. The zero-order valence-corrected chi connectivity index (χ0v) is 12.5. The first kappa shape index (κ1) is 15.6. The molecule has 0 aliphatic heterocycles. The Hall–Kier alpha value is -2.82. The quantitative estimate of drug-likeness (QED) is 0.680. The van der Waals surface area contributed by atoms with Gasteiger partial charge in [0.25, 0.3) is 5.91 Å². The van der Waals surface area contributed by atoms with E-state index in [1.165, 1.54) is 6.92 Å². The molecule has 0 spiro atoms. The summed E-state index contributed by atoms with van der Waals surface area (Å²) in [4.78, 5) is 23.1. The van der Waals surface area contributed by atoms with Crippen LogP contribution in [0.4, 0.5) is 5.69 Å². The molecule has 2 rings (SSSR count). The number of hydrogen-bond acceptors (Lipinski definition) is 4. The topological polar surface area (TPSA) is 64.6 Å². The highest BCUT2D eigenvalue weighted by atomic mass is 16.5. The third-order valence-corrected chi connectivity index (χ3v) is 2.81. The molecule has 0 saturated heterocycles. The van der Waals surface area contributed by atoms with Gasteiger partial charge in [-0.05, 0) is 43.3 Å². The number of hydrogen-bond donors (Lipinski definition) is 1. The lowest BCUT2D eigenvalue weighted by molar-refractivity contribution is -0.131. The second-order valence-corrected chi connectivity index (χ2v) is 4.50. The molecule has 0 saturated carbocycles. The molecule has 0 radical (unpaired) electrons. The monoisotopic (exact) mass is 299 g/mol. The van der Waals surface area contributed by atoms with E-state index in [2.05, 4.69) is 5.32 Å². The van der Waals surface area contributed by atoms with Crippen molar-refractivity contribution in [1.82, 2.24) is 0 Å². The Balaban J connectivity index is 2.10. The van der Waals surface area contributed by atoms with Gasteiger partial charge in [0.1, 0.15) is 11.5 Å². The van der Waals surface area contributed by atoms with Gasteiger partial charge in [-0.1, -0.05) is 12.1 Å². The SMILES string of the molecule is CCOc1ccccc1NC(=O)c1ccc(OC(C)=O)cc1. The van der Waals surface area contributed by atoms with Crippen molar-refractivity contribution >= 4 is 17.6 Å². The predicted molar refractivity (Wildman–Crippen MR) is 83.3 cm³/mol. The first-order chi connectivity index (χ1) is 10.6. The molecule has 114 valence electrons. The van der Waals surface area contributed by atoms with Crippen LogP contribution in [0.3, 0.4) is 0 Å². The molecule has 2 aromatic rings. The summed E-state index contributed by atoms with van der Waals surface area (Å²) in [6, 6.07) is 13.6. The molecule has 1 amide bonds. The average molecular weight is 299 g/mol. The average Bonchev–Trinajstić information content (AvgIpc) is 2.49. The molecule has 0 bridgehead atoms. The van der Waals surface area contributed by atoms with Gasteiger partial charge in [-0.15, -0.1) is 0 Å². The van der Waals surface area contributed by atoms with E-state index in [9.17, 15) is 9.59 Å². The maximum absolute atomic E-state index is 12.2. The highest BCUT2D eigenvalue weighted by Crippen LogP contribution is 2.24. The second-order valence-electron chi connectivity index (χ2n) is 4.50. The molecule has 5 nitrogen and oxygen atoms in total. The molecule has 0 fully saturated rings. The van der Waals surface area contributed by atoms with Gasteiger partial charge in [0.05, 0.1) is 12.3 Å². The van der Waals surface area contributed by atoms with Gasteiger partial charge in [0.2, 0.25) is 0 Å². The summed E-state index contributed by atoms with van der Waals surface area (Å²) in [5.74, 6) is 0.359. The molecule has 22 heavy (non-hydrogen) atoms. The minimum absolute atomic E-state index is 0.262. The molecule has 0 heterocycles. The second kappa shape index (κ2) is 7.26. The number of benzene rings is 2. The minimum Gasteiger partial charge on any atom is -0.492 e. The Morgan fingerprint density at radius 1 is 1.05 bits per heavy atom. The highest BCUT2D eigenvalue weighted by Gasteiger charge is 2.10. The van der Waals surface area contributed by atoms with Gasteiger partial charge in [-0.2, -0.15) is 0 Å². The van der Waals surface area contributed by atoms with Crippen molar-refractivity contribution in [3.8, 4) is 11.5 Å². The molecular weight excluding hydrogens is 282 g/mol. The third kappa shape index (κ3) is 4.09. The number of carbonyl (C=O) groups is 2. The van der Waals surface area contributed by atoms with Crippen molar-refractivity contribution in [3.63, 3.8) is 0 Å². The summed E-state index contributed by atoms with van der Waals surface area (Å²) in [7, 11) is 0. The van der Waals surface area contributed by atoms with Gasteiger partial charge in [0.15, 0.2) is 0 Å². The fraction of sp³-hybridized carbons (Fsp3) is 0.176. The summed E-state index contributed by atoms with van der Waals surface area (Å²) in [5, 5.41) is 2.80. The Kier molecular flexibility index (Phi) is 5.14. The summed E-state index contributed by atoms with van der Waals surface area (Å²) in [6.07, 6.45) is 0. The van der Waals surface area contributed by atoms with Crippen LogP contribution in [0, 0.1) is 0 Å². The smallest absolute Gasteiger partial charge is 0.308 e. The van der Waals surface area contributed by atoms with Crippen LogP contribution in [0.15, 0.2) is 48.5 Å². The van der Waals surface area contributed by atoms with Crippen LogP contribution < -0.4 is 14.8 Å². The van der Waals surface area contributed by atoms with Crippen LogP contribution in [-0.2, 0) is 4.79 Å². The van der Waals surface area contributed by atoms with Crippen molar-refractivity contribution in [2.75, 3.05) is 11.9 Å². The van der Waals surface area contributed by atoms with E-state index in [1.54, 1.807) is 36.4 Å². The van der Waals surface area contributed by atoms with E-state index >= 15 is 0 Å². The zero-order valence-electron chi connectivity index (χ0n) is 12.5. The fourth-order valence-corrected chi connectivity index (χ4v) is 1.89. The minimum atomic E-state index is -0.400. The standard InChI is InChI=1S/C17H17NO4/c1-3-21-16-7-5-4-6-15(16)18-17(20)13-8-10-14(11-9-13)22-12(2)19/h4-11H,3H2,1-2H3,(H,18,20). The van der Waals surface area contributed by atoms with Crippen molar-refractivity contribution < 1.29 is 19.1 Å². The van der Waals surface area contributed by atoms with Crippen LogP contribution in [0.2, 0.25) is 0 Å². The number of rotatable bonds is 5. The molecule has 2 aromatic carbocycles. The summed E-state index contributed by atoms with van der Waals surface area (Å²) in [6.45, 7) is 3.72. The van der Waals surface area contributed by atoms with Crippen molar-refractivity contribution in [2.45, 2.75) is 13.8 Å². The van der Waals surface area contributed by atoms with E-state index in [0.717, 1.165) is 0 Å². The van der Waals surface area contributed by atoms with Crippen molar-refractivity contribution in [3.05, 3.63) is 54.1 Å². The van der Waals surface area contributed by atoms with E-state index < -0.39 is 5.97 Å². The molecular formula is C17H17NO4. The van der Waals surface area contributed by atoms with E-state index in [0.29, 0.717) is 29.4 Å². The Morgan fingerprint density at radius 2 is 1.73 bits per heavy atom. The third-order valence-electron chi connectivity index (χ3n) is 2.81. The number of amides is 1. The number of esters is 1. The zero-order chi connectivity index (χ0) is 15.9. The van der Waals surface area contributed by atoms with Crippen LogP contribution in [0.5, 0.6) is 11.5 Å². The van der Waals surface area contributed by atoms with Crippen LogP contribution in [-0.4, -0.2) is 18.5 Å². The number of carbonyl (C=O) groups excluding carboxylic acids is 2. The number of nitrogens with one attached hydrogen (secondary N) is 1. The fourth-order valence-electron chi connectivity index (χ4n) is 1.89. The lowest BCUT2D eigenvalue weighted by Crippen LogP contribution is -2.13. The van der Waals surface area contributed by atoms with Gasteiger partial charge < -0.3 is 14.8 Å². The van der Waals surface area contributed by atoms with E-state index in [1.807, 2.05) is 19.1 Å².